The Morgan fingerprint density at radius 1 is 1.43 bits per heavy atom. The first kappa shape index (κ1) is 9.93. The molecule has 2 aliphatic rings. The molecule has 0 amide bonds. The Hall–Kier alpha value is -0.610. The molecule has 2 aliphatic heterocycles. The van der Waals surface area contributed by atoms with Gasteiger partial charge in [0.05, 0.1) is 6.10 Å². The highest BCUT2D eigenvalue weighted by atomic mass is 16.5. The fraction of sp³-hybridized carbons (Fsp3) is 0.900. The van der Waals surface area contributed by atoms with Gasteiger partial charge in [-0.1, -0.05) is 0 Å². The van der Waals surface area contributed by atoms with Crippen LogP contribution in [0.25, 0.3) is 0 Å². The van der Waals surface area contributed by atoms with E-state index in [1.54, 1.807) is 0 Å². The minimum absolute atomic E-state index is 0.0142. The van der Waals surface area contributed by atoms with Crippen molar-refractivity contribution in [3.8, 4) is 0 Å². The van der Waals surface area contributed by atoms with Gasteiger partial charge >= 0.3 is 5.97 Å². The Labute approximate surface area is 83.8 Å². The predicted molar refractivity (Wildman–Crippen MR) is 50.8 cm³/mol. The van der Waals surface area contributed by atoms with Gasteiger partial charge in [0.25, 0.3) is 0 Å². The number of aliphatic hydroxyl groups is 1. The van der Waals surface area contributed by atoms with Crippen LogP contribution < -0.4 is 0 Å². The van der Waals surface area contributed by atoms with Crippen molar-refractivity contribution in [2.45, 2.75) is 50.5 Å². The summed E-state index contributed by atoms with van der Waals surface area (Å²) in [4.78, 5) is 13.1. The molecule has 2 saturated heterocycles. The number of rotatable bonds is 1. The van der Waals surface area contributed by atoms with Crippen LogP contribution in [-0.4, -0.2) is 47.3 Å². The lowest BCUT2D eigenvalue weighted by atomic mass is 10.0. The Morgan fingerprint density at radius 2 is 2.14 bits per heavy atom. The van der Waals surface area contributed by atoms with E-state index in [9.17, 15) is 9.90 Å². The van der Waals surface area contributed by atoms with Crippen LogP contribution in [0.4, 0.5) is 0 Å². The molecule has 2 rings (SSSR count). The lowest BCUT2D eigenvalue weighted by Crippen LogP contribution is -2.44. The number of likely N-dealkylation sites (N-methyl/N-ethyl adjacent to an activating group) is 1. The molecule has 14 heavy (non-hydrogen) atoms. The molecule has 0 spiro atoms. The molecule has 0 aliphatic carbocycles. The van der Waals surface area contributed by atoms with Gasteiger partial charge in [-0.2, -0.15) is 0 Å². The molecule has 2 heterocycles. The fourth-order valence-electron chi connectivity index (χ4n) is 2.73. The van der Waals surface area contributed by atoms with Gasteiger partial charge in [-0.25, -0.2) is 0 Å². The number of carbonyl (C=O) groups excluding carboxylic acids is 1. The van der Waals surface area contributed by atoms with Crippen molar-refractivity contribution < 1.29 is 14.6 Å². The number of aliphatic hydroxyl groups excluding tert-OH is 1. The lowest BCUT2D eigenvalue weighted by molar-refractivity contribution is -0.147. The zero-order chi connectivity index (χ0) is 10.3. The lowest BCUT2D eigenvalue weighted by Gasteiger charge is -2.34. The van der Waals surface area contributed by atoms with Gasteiger partial charge in [0.15, 0.2) is 0 Å². The Balaban J connectivity index is 2.05. The first-order valence-electron chi connectivity index (χ1n) is 5.15. The third kappa shape index (κ3) is 1.64. The van der Waals surface area contributed by atoms with E-state index in [-0.39, 0.29) is 24.2 Å². The van der Waals surface area contributed by atoms with Crippen molar-refractivity contribution in [1.82, 2.24) is 4.90 Å². The van der Waals surface area contributed by atoms with E-state index >= 15 is 0 Å². The SMILES string of the molecule is CC(=O)O[C@@H]1C[C@H]2C[C@@H](O)C[C@@H]1N2C. The van der Waals surface area contributed by atoms with Crippen LogP contribution in [0.1, 0.15) is 26.2 Å². The maximum Gasteiger partial charge on any atom is 0.302 e. The molecule has 4 atom stereocenters. The van der Waals surface area contributed by atoms with Crippen molar-refractivity contribution in [2.75, 3.05) is 7.05 Å². The topological polar surface area (TPSA) is 49.8 Å². The van der Waals surface area contributed by atoms with Crippen LogP contribution in [0.3, 0.4) is 0 Å². The molecule has 4 heteroatoms. The van der Waals surface area contributed by atoms with Crippen LogP contribution in [-0.2, 0) is 9.53 Å². The number of fused-ring (bicyclic) bond motifs is 2. The van der Waals surface area contributed by atoms with Gasteiger partial charge in [0.2, 0.25) is 0 Å². The number of hydrogen-bond donors (Lipinski definition) is 1. The van der Waals surface area contributed by atoms with Crippen LogP contribution in [0.2, 0.25) is 0 Å². The summed E-state index contributed by atoms with van der Waals surface area (Å²) >= 11 is 0. The molecule has 4 nitrogen and oxygen atoms in total. The fourth-order valence-corrected chi connectivity index (χ4v) is 2.73. The highest BCUT2D eigenvalue weighted by Gasteiger charge is 2.45. The molecule has 2 bridgehead atoms. The van der Waals surface area contributed by atoms with Gasteiger partial charge in [-0.15, -0.1) is 0 Å². The maximum atomic E-state index is 10.9. The third-order valence-electron chi connectivity index (χ3n) is 3.41. The van der Waals surface area contributed by atoms with Crippen molar-refractivity contribution >= 4 is 5.97 Å². The van der Waals surface area contributed by atoms with Gasteiger partial charge in [0.1, 0.15) is 6.10 Å². The average molecular weight is 199 g/mol. The molecule has 0 saturated carbocycles. The van der Waals surface area contributed by atoms with E-state index in [1.165, 1.54) is 6.92 Å². The maximum absolute atomic E-state index is 10.9. The van der Waals surface area contributed by atoms with Crippen LogP contribution >= 0.6 is 0 Å². The van der Waals surface area contributed by atoms with Gasteiger partial charge in [-0.3, -0.25) is 9.69 Å². The molecule has 0 aromatic carbocycles. The van der Waals surface area contributed by atoms with E-state index in [0.717, 1.165) is 19.3 Å². The summed E-state index contributed by atoms with van der Waals surface area (Å²) in [6, 6.07) is 0.598. The van der Waals surface area contributed by atoms with E-state index in [1.807, 2.05) is 7.05 Å². The van der Waals surface area contributed by atoms with Crippen LogP contribution in [0, 0.1) is 0 Å². The van der Waals surface area contributed by atoms with Crippen LogP contribution in [0.15, 0.2) is 0 Å². The summed E-state index contributed by atoms with van der Waals surface area (Å²) in [5, 5.41) is 9.59. The standard InChI is InChI=1S/C10H17NO3/c1-6(12)14-10-4-7-3-8(13)5-9(10)11(7)2/h7-10,13H,3-5H2,1-2H3/t7-,8-,9+,10-/m1/s1. The zero-order valence-corrected chi connectivity index (χ0v) is 8.64. The number of carbonyl (C=O) groups is 1. The van der Waals surface area contributed by atoms with Crippen LogP contribution in [0.5, 0.6) is 0 Å². The average Bonchev–Trinajstić information content (AvgIpc) is 2.30. The summed E-state index contributed by atoms with van der Waals surface area (Å²) < 4.78 is 5.25. The number of ether oxygens (including phenoxy) is 1. The van der Waals surface area contributed by atoms with Crippen molar-refractivity contribution in [2.24, 2.45) is 0 Å². The van der Waals surface area contributed by atoms with E-state index in [4.69, 9.17) is 4.74 Å². The zero-order valence-electron chi connectivity index (χ0n) is 8.64. The third-order valence-corrected chi connectivity index (χ3v) is 3.41. The number of hydrogen-bond acceptors (Lipinski definition) is 4. The number of esters is 1. The second kappa shape index (κ2) is 3.51. The van der Waals surface area contributed by atoms with Crippen molar-refractivity contribution in [3.63, 3.8) is 0 Å². The summed E-state index contributed by atoms with van der Waals surface area (Å²) in [5.74, 6) is -0.217. The monoisotopic (exact) mass is 199 g/mol. The molecule has 0 radical (unpaired) electrons. The molecular formula is C10H17NO3. The predicted octanol–water partition coefficient (Wildman–Crippen LogP) is 0.145. The molecule has 0 aromatic rings. The van der Waals surface area contributed by atoms with E-state index in [2.05, 4.69) is 4.90 Å². The van der Waals surface area contributed by atoms with Crippen molar-refractivity contribution in [1.29, 1.82) is 0 Å². The summed E-state index contributed by atoms with van der Waals surface area (Å²) in [6.07, 6.45) is 2.18. The number of nitrogens with zero attached hydrogens (tertiary/aromatic N) is 1. The Bertz CT molecular complexity index is 244. The Morgan fingerprint density at radius 3 is 2.79 bits per heavy atom. The summed E-state index contributed by atoms with van der Waals surface area (Å²) in [7, 11) is 2.05. The first-order valence-corrected chi connectivity index (χ1v) is 5.15. The molecule has 2 fully saturated rings. The molecule has 1 N–H and O–H groups in total. The second-order valence-corrected chi connectivity index (χ2v) is 4.40. The minimum Gasteiger partial charge on any atom is -0.461 e. The number of piperidine rings is 1. The van der Waals surface area contributed by atoms with Gasteiger partial charge in [0, 0.05) is 25.4 Å². The highest BCUT2D eigenvalue weighted by Crippen LogP contribution is 2.36. The highest BCUT2D eigenvalue weighted by molar-refractivity contribution is 5.66. The minimum atomic E-state index is -0.221. The Kier molecular flexibility index (Phi) is 2.49. The molecule has 0 unspecified atom stereocenters. The normalized spacial score (nSPS) is 42.5. The molecule has 80 valence electrons. The van der Waals surface area contributed by atoms with Gasteiger partial charge < -0.3 is 9.84 Å². The largest absolute Gasteiger partial charge is 0.461 e. The second-order valence-electron chi connectivity index (χ2n) is 4.40. The first-order chi connectivity index (χ1) is 6.58. The molecular weight excluding hydrogens is 182 g/mol. The summed E-state index contributed by atoms with van der Waals surface area (Å²) in [6.45, 7) is 1.44. The van der Waals surface area contributed by atoms with Gasteiger partial charge in [-0.05, 0) is 19.9 Å². The smallest absolute Gasteiger partial charge is 0.302 e. The quantitative estimate of drug-likeness (QED) is 0.610. The van der Waals surface area contributed by atoms with E-state index < -0.39 is 0 Å². The summed E-state index contributed by atoms with van der Waals surface area (Å²) in [5.41, 5.74) is 0. The van der Waals surface area contributed by atoms with E-state index in [0.29, 0.717) is 6.04 Å². The van der Waals surface area contributed by atoms with Crippen molar-refractivity contribution in [3.05, 3.63) is 0 Å². The molecule has 0 aromatic heterocycles.